The van der Waals surface area contributed by atoms with Crippen molar-refractivity contribution in [2.24, 2.45) is 5.73 Å². The first kappa shape index (κ1) is 28.7. The van der Waals surface area contributed by atoms with E-state index in [-0.39, 0.29) is 35.1 Å². The number of carbonyl (C=O) groups is 3. The van der Waals surface area contributed by atoms with Crippen molar-refractivity contribution in [3.05, 3.63) is 99.6 Å². The van der Waals surface area contributed by atoms with E-state index < -0.39 is 10.8 Å². The predicted octanol–water partition coefficient (Wildman–Crippen LogP) is 3.81. The Kier molecular flexibility index (Phi) is 8.77. The second-order valence-electron chi connectivity index (χ2n) is 10.7. The average Bonchev–Trinajstić information content (AvgIpc) is 3.02. The number of hydrogen-bond donors (Lipinski definition) is 3. The maximum atomic E-state index is 13.2. The molecule has 1 aliphatic carbocycles. The van der Waals surface area contributed by atoms with Gasteiger partial charge in [0, 0.05) is 67.1 Å². The first-order chi connectivity index (χ1) is 20.3. The molecule has 0 bridgehead atoms. The van der Waals surface area contributed by atoms with Crippen LogP contribution in [-0.4, -0.2) is 65.8 Å². The highest BCUT2D eigenvalue weighted by atomic mass is 16.6. The molecular weight excluding hydrogens is 536 g/mol. The number of nitrogens with one attached hydrogen (secondary N) is 2. The van der Waals surface area contributed by atoms with Crippen LogP contribution < -0.4 is 21.3 Å². The second kappa shape index (κ2) is 12.8. The average molecular weight is 571 g/mol. The Labute approximate surface area is 243 Å². The van der Waals surface area contributed by atoms with E-state index in [1.165, 1.54) is 24.3 Å². The fraction of sp³-hybridized carbons (Fsp3) is 0.323. The molecule has 42 heavy (non-hydrogen) atoms. The standard InChI is InChI=1S/C31H34N6O5/c32-24-9-11-25(12-10-24)33-30(39)23-8-15-28(27(20-23)34-29(38)21-6-13-26(14-7-21)37(41)42)35-16-18-36(19-17-35)31(40)22-4-2-1-3-5-22/h1-8,13-15,20,24-25H,9-12,16-19,32H2,(H,33,39)(H,34,38). The lowest BCUT2D eigenvalue weighted by Crippen LogP contribution is -2.49. The van der Waals surface area contributed by atoms with Gasteiger partial charge in [-0.25, -0.2) is 0 Å². The molecule has 0 atom stereocenters. The van der Waals surface area contributed by atoms with Crippen molar-refractivity contribution in [3.8, 4) is 0 Å². The van der Waals surface area contributed by atoms with Gasteiger partial charge < -0.3 is 26.2 Å². The minimum absolute atomic E-state index is 0.0300. The number of nitrogens with zero attached hydrogens (tertiary/aromatic N) is 3. The fourth-order valence-corrected chi connectivity index (χ4v) is 5.43. The van der Waals surface area contributed by atoms with Crippen molar-refractivity contribution in [3.63, 3.8) is 0 Å². The van der Waals surface area contributed by atoms with Crippen molar-refractivity contribution in [2.75, 3.05) is 36.4 Å². The molecule has 0 radical (unpaired) electrons. The first-order valence-corrected chi connectivity index (χ1v) is 14.1. The van der Waals surface area contributed by atoms with E-state index in [4.69, 9.17) is 5.73 Å². The zero-order chi connectivity index (χ0) is 29.6. The Hall–Kier alpha value is -4.77. The predicted molar refractivity (Wildman–Crippen MR) is 160 cm³/mol. The molecule has 2 aliphatic rings. The Morgan fingerprint density at radius 3 is 2.07 bits per heavy atom. The van der Waals surface area contributed by atoms with Crippen LogP contribution in [0.15, 0.2) is 72.8 Å². The summed E-state index contributed by atoms with van der Waals surface area (Å²) in [5.41, 5.74) is 8.35. The Bertz CT molecular complexity index is 1450. The number of benzene rings is 3. The highest BCUT2D eigenvalue weighted by Crippen LogP contribution is 2.30. The summed E-state index contributed by atoms with van der Waals surface area (Å²) in [6, 6.07) is 19.9. The molecule has 3 amide bonds. The molecule has 11 heteroatoms. The molecule has 5 rings (SSSR count). The summed E-state index contributed by atoms with van der Waals surface area (Å²) in [6.07, 6.45) is 3.36. The number of nitro groups is 1. The number of non-ortho nitro benzene ring substituents is 1. The van der Waals surface area contributed by atoms with Crippen LogP contribution in [0.4, 0.5) is 17.1 Å². The molecule has 0 spiro atoms. The molecule has 0 unspecified atom stereocenters. The van der Waals surface area contributed by atoms with Crippen LogP contribution in [0, 0.1) is 10.1 Å². The quantitative estimate of drug-likeness (QED) is 0.289. The maximum absolute atomic E-state index is 13.2. The summed E-state index contributed by atoms with van der Waals surface area (Å²) in [7, 11) is 0. The van der Waals surface area contributed by atoms with E-state index in [2.05, 4.69) is 15.5 Å². The van der Waals surface area contributed by atoms with Gasteiger partial charge in [-0.3, -0.25) is 24.5 Å². The molecule has 1 saturated carbocycles. The van der Waals surface area contributed by atoms with E-state index in [1.54, 1.807) is 29.2 Å². The molecule has 3 aromatic rings. The Balaban J connectivity index is 1.34. The van der Waals surface area contributed by atoms with Gasteiger partial charge in [0.25, 0.3) is 23.4 Å². The van der Waals surface area contributed by atoms with Crippen molar-refractivity contribution in [1.82, 2.24) is 10.2 Å². The summed E-state index contributed by atoms with van der Waals surface area (Å²) >= 11 is 0. The SMILES string of the molecule is NC1CCC(NC(=O)c2ccc(N3CCN(C(=O)c4ccccc4)CC3)c(NC(=O)c3ccc([N+](=O)[O-])cc3)c2)CC1. The van der Waals surface area contributed by atoms with Gasteiger partial charge >= 0.3 is 0 Å². The zero-order valence-electron chi connectivity index (χ0n) is 23.2. The summed E-state index contributed by atoms with van der Waals surface area (Å²) in [5.74, 6) is -0.716. The zero-order valence-corrected chi connectivity index (χ0v) is 23.2. The van der Waals surface area contributed by atoms with E-state index in [1.807, 2.05) is 24.3 Å². The highest BCUT2D eigenvalue weighted by Gasteiger charge is 2.26. The molecule has 4 N–H and O–H groups in total. The molecule has 1 heterocycles. The maximum Gasteiger partial charge on any atom is 0.269 e. The molecule has 2 fully saturated rings. The van der Waals surface area contributed by atoms with Gasteiger partial charge in [-0.15, -0.1) is 0 Å². The van der Waals surface area contributed by atoms with Crippen LogP contribution in [0.25, 0.3) is 0 Å². The summed E-state index contributed by atoms with van der Waals surface area (Å²) < 4.78 is 0. The monoisotopic (exact) mass is 570 g/mol. The first-order valence-electron chi connectivity index (χ1n) is 14.1. The van der Waals surface area contributed by atoms with E-state index in [9.17, 15) is 24.5 Å². The summed E-state index contributed by atoms with van der Waals surface area (Å²) in [6.45, 7) is 2.06. The number of amides is 3. The number of carbonyl (C=O) groups excluding carboxylic acids is 3. The molecule has 0 aromatic heterocycles. The van der Waals surface area contributed by atoms with Gasteiger partial charge in [0.05, 0.1) is 16.3 Å². The molecular formula is C31H34N6O5. The number of hydrogen-bond acceptors (Lipinski definition) is 7. The fourth-order valence-electron chi connectivity index (χ4n) is 5.43. The van der Waals surface area contributed by atoms with Crippen LogP contribution in [0.2, 0.25) is 0 Å². The van der Waals surface area contributed by atoms with Crippen molar-refractivity contribution in [2.45, 2.75) is 37.8 Å². The Morgan fingerprint density at radius 2 is 1.43 bits per heavy atom. The normalized spacial score (nSPS) is 18.7. The minimum Gasteiger partial charge on any atom is -0.366 e. The van der Waals surface area contributed by atoms with Crippen LogP contribution in [0.3, 0.4) is 0 Å². The lowest BCUT2D eigenvalue weighted by molar-refractivity contribution is -0.384. The third kappa shape index (κ3) is 6.74. The van der Waals surface area contributed by atoms with Crippen LogP contribution >= 0.6 is 0 Å². The summed E-state index contributed by atoms with van der Waals surface area (Å²) in [5, 5.41) is 17.0. The third-order valence-electron chi connectivity index (χ3n) is 7.88. The highest BCUT2D eigenvalue weighted by molar-refractivity contribution is 6.07. The number of rotatable bonds is 7. The molecule has 1 saturated heterocycles. The molecule has 3 aromatic carbocycles. The van der Waals surface area contributed by atoms with Gasteiger partial charge in [0.2, 0.25) is 0 Å². The lowest BCUT2D eigenvalue weighted by Gasteiger charge is -2.37. The van der Waals surface area contributed by atoms with Crippen LogP contribution in [0.1, 0.15) is 56.8 Å². The third-order valence-corrected chi connectivity index (χ3v) is 7.88. The van der Waals surface area contributed by atoms with Crippen LogP contribution in [0.5, 0.6) is 0 Å². The van der Waals surface area contributed by atoms with Crippen LogP contribution in [-0.2, 0) is 0 Å². The second-order valence-corrected chi connectivity index (χ2v) is 10.7. The molecule has 1 aliphatic heterocycles. The van der Waals surface area contributed by atoms with E-state index >= 15 is 0 Å². The minimum atomic E-state index is -0.524. The lowest BCUT2D eigenvalue weighted by atomic mass is 9.91. The van der Waals surface area contributed by atoms with E-state index in [0.29, 0.717) is 43.0 Å². The summed E-state index contributed by atoms with van der Waals surface area (Å²) in [4.78, 5) is 53.7. The van der Waals surface area contributed by atoms with E-state index in [0.717, 1.165) is 31.4 Å². The molecule has 218 valence electrons. The van der Waals surface area contributed by atoms with Gasteiger partial charge in [0.1, 0.15) is 0 Å². The molecule has 11 nitrogen and oxygen atoms in total. The number of nitrogens with two attached hydrogens (primary N) is 1. The number of anilines is 2. The number of piperazine rings is 1. The topological polar surface area (TPSA) is 151 Å². The van der Waals surface area contributed by atoms with Gasteiger partial charge in [-0.1, -0.05) is 18.2 Å². The van der Waals surface area contributed by atoms with Gasteiger partial charge in [-0.2, -0.15) is 0 Å². The van der Waals surface area contributed by atoms with Crippen molar-refractivity contribution >= 4 is 34.8 Å². The number of nitro benzene ring substituents is 1. The van der Waals surface area contributed by atoms with Gasteiger partial charge in [0.15, 0.2) is 0 Å². The van der Waals surface area contributed by atoms with Crippen molar-refractivity contribution in [1.29, 1.82) is 0 Å². The van der Waals surface area contributed by atoms with Crippen molar-refractivity contribution < 1.29 is 19.3 Å². The largest absolute Gasteiger partial charge is 0.366 e. The smallest absolute Gasteiger partial charge is 0.269 e. The van der Waals surface area contributed by atoms with Gasteiger partial charge in [-0.05, 0) is 68.1 Å². The Morgan fingerprint density at radius 1 is 0.786 bits per heavy atom.